The summed E-state index contributed by atoms with van der Waals surface area (Å²) in [6.45, 7) is 13.4. The highest BCUT2D eigenvalue weighted by atomic mass is 28.4. The zero-order chi connectivity index (χ0) is 25.1. The molecule has 2 heterocycles. The zero-order valence-corrected chi connectivity index (χ0v) is 23.2. The van der Waals surface area contributed by atoms with E-state index in [9.17, 15) is 4.79 Å². The lowest BCUT2D eigenvalue weighted by Gasteiger charge is -2.37. The lowest BCUT2D eigenvalue weighted by Crippen LogP contribution is -2.63. The number of epoxide rings is 1. The molecule has 2 aromatic carbocycles. The SMILES string of the molecule is C=C(C)/C(=C/C/C=C/[C@@H]1CC([C@H]2O[C@H]2C=O)=C[Si](c2ccccc2)(c2ccccc2)O1)[Si](C)(C)C. The summed E-state index contributed by atoms with van der Waals surface area (Å²) in [7, 11) is -4.12. The van der Waals surface area contributed by atoms with Crippen LogP contribution in [0.5, 0.6) is 0 Å². The van der Waals surface area contributed by atoms with Gasteiger partial charge >= 0.3 is 0 Å². The molecular formula is C30H36O3Si2. The Morgan fingerprint density at radius 3 is 2.14 bits per heavy atom. The van der Waals surface area contributed by atoms with Gasteiger partial charge in [0, 0.05) is 0 Å². The summed E-state index contributed by atoms with van der Waals surface area (Å²) in [5.41, 5.74) is 4.67. The van der Waals surface area contributed by atoms with E-state index in [1.807, 2.05) is 12.1 Å². The van der Waals surface area contributed by atoms with Gasteiger partial charge in [-0.2, -0.15) is 0 Å². The molecule has 2 aliphatic heterocycles. The molecule has 2 aromatic rings. The van der Waals surface area contributed by atoms with Gasteiger partial charge in [0.15, 0.2) is 6.29 Å². The fourth-order valence-corrected chi connectivity index (χ4v) is 10.9. The van der Waals surface area contributed by atoms with Crippen LogP contribution in [0, 0.1) is 0 Å². The highest BCUT2D eigenvalue weighted by molar-refractivity contribution is 7.01. The third kappa shape index (κ3) is 5.81. The van der Waals surface area contributed by atoms with Crippen molar-refractivity contribution in [3.63, 3.8) is 0 Å². The Kier molecular flexibility index (Phi) is 7.72. The predicted molar refractivity (Wildman–Crippen MR) is 150 cm³/mol. The molecule has 4 rings (SSSR count). The van der Waals surface area contributed by atoms with Crippen molar-refractivity contribution in [1.29, 1.82) is 0 Å². The molecule has 0 radical (unpaired) electrons. The van der Waals surface area contributed by atoms with Crippen LogP contribution >= 0.6 is 0 Å². The first-order valence-corrected chi connectivity index (χ1v) is 17.9. The van der Waals surface area contributed by atoms with Crippen LogP contribution in [0.15, 0.2) is 108 Å². The van der Waals surface area contributed by atoms with Crippen LogP contribution in [0.25, 0.3) is 0 Å². The Labute approximate surface area is 212 Å². The summed E-state index contributed by atoms with van der Waals surface area (Å²) in [5.74, 6) is 0. The standard InChI is InChI=1S/C30H36O3Si2/c1-23(2)29(34(3,4)5)19-13-12-14-25-20-24(30-28(21-31)32-30)22-35(33-25,26-15-8-6-9-16-26)27-17-10-7-11-18-27/h6-12,14-19,21-22,25,28,30H,1,13,20H2,2-5H3/b14-12+,29-19-/t25-,28+,30-/m1/s1. The van der Waals surface area contributed by atoms with Crippen molar-refractivity contribution >= 4 is 33.1 Å². The summed E-state index contributed by atoms with van der Waals surface area (Å²) in [6.07, 6.45) is 8.72. The Bertz CT molecular complexity index is 1100. The van der Waals surface area contributed by atoms with E-state index in [1.54, 1.807) is 0 Å². The summed E-state index contributed by atoms with van der Waals surface area (Å²) >= 11 is 0. The minimum absolute atomic E-state index is 0.0767. The second-order valence-corrected chi connectivity index (χ2v) is 18.7. The maximum atomic E-state index is 11.4. The molecule has 0 spiro atoms. The monoisotopic (exact) mass is 500 g/mol. The largest absolute Gasteiger partial charge is 0.398 e. The van der Waals surface area contributed by atoms with Crippen LogP contribution in [-0.2, 0) is 14.0 Å². The maximum Gasteiger partial charge on any atom is 0.281 e. The molecule has 3 atom stereocenters. The van der Waals surface area contributed by atoms with Crippen molar-refractivity contribution in [2.45, 2.75) is 57.7 Å². The van der Waals surface area contributed by atoms with E-state index in [2.05, 4.69) is 106 Å². The molecule has 3 nitrogen and oxygen atoms in total. The van der Waals surface area contributed by atoms with E-state index in [0.717, 1.165) is 19.1 Å². The number of carbonyl (C=O) groups is 1. The van der Waals surface area contributed by atoms with Crippen molar-refractivity contribution in [1.82, 2.24) is 0 Å². The van der Waals surface area contributed by atoms with E-state index in [4.69, 9.17) is 9.16 Å². The molecule has 1 fully saturated rings. The van der Waals surface area contributed by atoms with Crippen LogP contribution in [0.1, 0.15) is 19.8 Å². The van der Waals surface area contributed by atoms with Gasteiger partial charge < -0.3 is 14.0 Å². The predicted octanol–water partition coefficient (Wildman–Crippen LogP) is 5.29. The Hall–Kier alpha value is -2.58. The van der Waals surface area contributed by atoms with Gasteiger partial charge in [-0.1, -0.05) is 122 Å². The summed E-state index contributed by atoms with van der Waals surface area (Å²) in [6, 6.07) is 21.0. The summed E-state index contributed by atoms with van der Waals surface area (Å²) < 4.78 is 12.8. The van der Waals surface area contributed by atoms with Gasteiger partial charge in [0.1, 0.15) is 12.2 Å². The summed E-state index contributed by atoms with van der Waals surface area (Å²) in [4.78, 5) is 11.4. The second-order valence-electron chi connectivity index (χ2n) is 10.5. The maximum absolute atomic E-state index is 11.4. The average molecular weight is 501 g/mol. The van der Waals surface area contributed by atoms with Crippen molar-refractivity contribution in [2.75, 3.05) is 0 Å². The molecule has 0 aromatic heterocycles. The highest BCUT2D eigenvalue weighted by Gasteiger charge is 2.49. The lowest BCUT2D eigenvalue weighted by atomic mass is 10.0. The molecule has 0 bridgehead atoms. The molecule has 182 valence electrons. The molecule has 0 N–H and O–H groups in total. The average Bonchev–Trinajstić information content (AvgIpc) is 3.64. The minimum Gasteiger partial charge on any atom is -0.398 e. The number of allylic oxidation sites excluding steroid dienone is 4. The molecule has 5 heteroatoms. The van der Waals surface area contributed by atoms with Gasteiger partial charge in [-0.3, -0.25) is 0 Å². The lowest BCUT2D eigenvalue weighted by molar-refractivity contribution is -0.108. The summed E-state index contributed by atoms with van der Waals surface area (Å²) in [5, 5.41) is 3.83. The van der Waals surface area contributed by atoms with Crippen LogP contribution in [0.4, 0.5) is 0 Å². The van der Waals surface area contributed by atoms with Crippen molar-refractivity contribution in [3.8, 4) is 0 Å². The van der Waals surface area contributed by atoms with Gasteiger partial charge in [0.05, 0.1) is 14.2 Å². The first kappa shape index (κ1) is 25.5. The van der Waals surface area contributed by atoms with E-state index in [1.165, 1.54) is 26.7 Å². The fourth-order valence-electron chi connectivity index (χ4n) is 5.08. The van der Waals surface area contributed by atoms with Crippen molar-refractivity contribution in [3.05, 3.63) is 108 Å². The molecule has 0 amide bonds. The van der Waals surface area contributed by atoms with E-state index in [-0.39, 0.29) is 18.3 Å². The van der Waals surface area contributed by atoms with Gasteiger partial charge in [-0.15, -0.1) is 0 Å². The minimum atomic E-state index is -2.69. The number of carbonyl (C=O) groups excluding carboxylic acids is 1. The van der Waals surface area contributed by atoms with Crippen LogP contribution in [-0.4, -0.2) is 41.0 Å². The third-order valence-corrected chi connectivity index (χ3v) is 12.8. The van der Waals surface area contributed by atoms with Crippen LogP contribution in [0.3, 0.4) is 0 Å². The third-order valence-electron chi connectivity index (χ3n) is 6.67. The van der Waals surface area contributed by atoms with Gasteiger partial charge in [0.25, 0.3) is 8.32 Å². The Morgan fingerprint density at radius 2 is 1.66 bits per heavy atom. The Balaban J connectivity index is 1.69. The number of rotatable bonds is 9. The van der Waals surface area contributed by atoms with Gasteiger partial charge in [0.2, 0.25) is 0 Å². The molecule has 0 aliphatic carbocycles. The molecule has 1 saturated heterocycles. The normalized spacial score (nSPS) is 24.2. The first-order chi connectivity index (χ1) is 16.7. The second kappa shape index (κ2) is 10.6. The number of benzene rings is 2. The van der Waals surface area contributed by atoms with Gasteiger partial charge in [-0.05, 0) is 35.7 Å². The Morgan fingerprint density at radius 1 is 1.06 bits per heavy atom. The quantitative estimate of drug-likeness (QED) is 0.154. The molecule has 35 heavy (non-hydrogen) atoms. The van der Waals surface area contributed by atoms with E-state index >= 15 is 0 Å². The number of hydrogen-bond donors (Lipinski definition) is 0. The number of hydrogen-bond acceptors (Lipinski definition) is 3. The fraction of sp³-hybridized carbons (Fsp3) is 0.300. The van der Waals surface area contributed by atoms with Crippen molar-refractivity contribution < 1.29 is 14.0 Å². The number of ether oxygens (including phenoxy) is 1. The molecule has 0 saturated carbocycles. The highest BCUT2D eigenvalue weighted by Crippen LogP contribution is 2.36. The van der Waals surface area contributed by atoms with Gasteiger partial charge in [-0.25, -0.2) is 0 Å². The molecule has 0 unspecified atom stereocenters. The molecular weight excluding hydrogens is 464 g/mol. The van der Waals surface area contributed by atoms with Crippen LogP contribution in [0.2, 0.25) is 19.6 Å². The molecule has 2 aliphatic rings. The van der Waals surface area contributed by atoms with E-state index < -0.39 is 16.4 Å². The first-order valence-electron chi connectivity index (χ1n) is 12.4. The smallest absolute Gasteiger partial charge is 0.281 e. The van der Waals surface area contributed by atoms with Crippen LogP contribution < -0.4 is 10.4 Å². The van der Waals surface area contributed by atoms with E-state index in [0.29, 0.717) is 0 Å². The topological polar surface area (TPSA) is 38.8 Å². The van der Waals surface area contributed by atoms with Crippen molar-refractivity contribution in [2.24, 2.45) is 0 Å². The zero-order valence-electron chi connectivity index (χ0n) is 21.2. The number of aldehydes is 1.